The lowest BCUT2D eigenvalue weighted by Crippen LogP contribution is -2.30. The number of nitrogens with one attached hydrogen (secondary N) is 1. The van der Waals surface area contributed by atoms with E-state index in [2.05, 4.69) is 15.4 Å². The van der Waals surface area contributed by atoms with Crippen LogP contribution in [-0.4, -0.2) is 26.5 Å². The van der Waals surface area contributed by atoms with E-state index in [1.54, 1.807) is 13.8 Å². The summed E-state index contributed by atoms with van der Waals surface area (Å²) in [6, 6.07) is 5.31. The zero-order chi connectivity index (χ0) is 19.9. The molecule has 0 saturated carbocycles. The number of carbonyl (C=O) groups excluding carboxylic acids is 1. The molecular weight excluding hydrogens is 388 g/mol. The summed E-state index contributed by atoms with van der Waals surface area (Å²) in [5.41, 5.74) is -1.65. The van der Waals surface area contributed by atoms with Crippen LogP contribution in [0.1, 0.15) is 30.0 Å². The van der Waals surface area contributed by atoms with E-state index in [1.165, 1.54) is 12.1 Å². The summed E-state index contributed by atoms with van der Waals surface area (Å²) in [4.78, 5) is 16.3. The van der Waals surface area contributed by atoms with Gasteiger partial charge in [0.1, 0.15) is 10.8 Å². The van der Waals surface area contributed by atoms with Crippen molar-refractivity contribution in [2.75, 3.05) is 0 Å². The molecule has 0 aliphatic rings. The summed E-state index contributed by atoms with van der Waals surface area (Å²) in [6.07, 6.45) is -4.78. The molecule has 0 aliphatic heterocycles. The maximum atomic E-state index is 13.5. The molecule has 1 N–H and O–H groups in total. The molecule has 3 aromatic rings. The van der Waals surface area contributed by atoms with Crippen molar-refractivity contribution < 1.29 is 22.4 Å². The fraction of sp³-hybridized carbons (Fsp3) is 0.235. The van der Waals surface area contributed by atoms with E-state index in [0.29, 0.717) is 4.52 Å². The molecule has 3 rings (SSSR count). The van der Waals surface area contributed by atoms with Crippen molar-refractivity contribution in [3.05, 3.63) is 52.6 Å². The Kier molecular flexibility index (Phi) is 4.81. The minimum absolute atomic E-state index is 0.0764. The Hall–Kier alpha value is -2.68. The fourth-order valence-electron chi connectivity index (χ4n) is 2.44. The predicted octanol–water partition coefficient (Wildman–Crippen LogP) is 4.35. The minimum atomic E-state index is -4.78. The summed E-state index contributed by atoms with van der Waals surface area (Å²) < 4.78 is 54.2. The van der Waals surface area contributed by atoms with Crippen LogP contribution in [-0.2, 0) is 6.18 Å². The third-order valence-electron chi connectivity index (χ3n) is 3.60. The smallest absolute Gasteiger partial charge is 0.348 e. The molecule has 0 unspecified atom stereocenters. The second-order valence-electron chi connectivity index (χ2n) is 6.06. The molecule has 0 radical (unpaired) electrons. The van der Waals surface area contributed by atoms with Crippen LogP contribution >= 0.6 is 11.6 Å². The van der Waals surface area contributed by atoms with Crippen LogP contribution in [0.3, 0.4) is 0 Å². The van der Waals surface area contributed by atoms with Crippen LogP contribution < -0.4 is 5.32 Å². The number of hydrogen-bond donors (Lipinski definition) is 1. The number of fused-ring (bicyclic) bond motifs is 1. The van der Waals surface area contributed by atoms with Gasteiger partial charge in [0.25, 0.3) is 5.91 Å². The quantitative estimate of drug-likeness (QED) is 0.665. The molecule has 1 aromatic carbocycles. The first-order valence-electron chi connectivity index (χ1n) is 7.81. The highest BCUT2D eigenvalue weighted by Gasteiger charge is 2.36. The molecule has 0 saturated heterocycles. The van der Waals surface area contributed by atoms with Crippen LogP contribution in [0, 0.1) is 5.82 Å². The number of alkyl halides is 3. The van der Waals surface area contributed by atoms with Crippen molar-refractivity contribution in [3.8, 4) is 11.3 Å². The molecule has 0 aliphatic carbocycles. The van der Waals surface area contributed by atoms with E-state index in [0.717, 1.165) is 18.2 Å². The Morgan fingerprint density at radius 2 is 1.85 bits per heavy atom. The monoisotopic (exact) mass is 400 g/mol. The molecule has 2 aromatic heterocycles. The SMILES string of the molecule is CC(C)NC(=O)c1nn2c(C(F)(F)F)cc(-c3ccc(F)cc3)nc2c1Cl. The second-order valence-corrected chi connectivity index (χ2v) is 6.44. The predicted molar refractivity (Wildman–Crippen MR) is 91.0 cm³/mol. The van der Waals surface area contributed by atoms with Gasteiger partial charge in [-0.15, -0.1) is 0 Å². The van der Waals surface area contributed by atoms with Gasteiger partial charge in [-0.25, -0.2) is 13.9 Å². The highest BCUT2D eigenvalue weighted by Crippen LogP contribution is 2.34. The summed E-state index contributed by atoms with van der Waals surface area (Å²) in [6.45, 7) is 3.38. The Balaban J connectivity index is 2.25. The van der Waals surface area contributed by atoms with E-state index >= 15 is 0 Å². The number of carbonyl (C=O) groups is 1. The fourth-order valence-corrected chi connectivity index (χ4v) is 2.68. The molecule has 27 heavy (non-hydrogen) atoms. The Bertz CT molecular complexity index is 1010. The lowest BCUT2D eigenvalue weighted by molar-refractivity contribution is -0.142. The number of aromatic nitrogens is 3. The maximum Gasteiger partial charge on any atom is 0.433 e. The van der Waals surface area contributed by atoms with E-state index in [1.807, 2.05) is 0 Å². The highest BCUT2D eigenvalue weighted by molar-refractivity contribution is 6.36. The number of hydrogen-bond acceptors (Lipinski definition) is 3. The number of nitrogens with zero attached hydrogens (tertiary/aromatic N) is 3. The average molecular weight is 401 g/mol. The van der Waals surface area contributed by atoms with Gasteiger partial charge in [0, 0.05) is 11.6 Å². The second kappa shape index (κ2) is 6.80. The van der Waals surface area contributed by atoms with Gasteiger partial charge in [-0.2, -0.15) is 18.3 Å². The van der Waals surface area contributed by atoms with Gasteiger partial charge in [0.15, 0.2) is 17.0 Å². The van der Waals surface area contributed by atoms with Gasteiger partial charge in [-0.3, -0.25) is 4.79 Å². The maximum absolute atomic E-state index is 13.5. The van der Waals surface area contributed by atoms with Gasteiger partial charge >= 0.3 is 6.18 Å². The molecule has 10 heteroatoms. The Morgan fingerprint density at radius 1 is 1.22 bits per heavy atom. The van der Waals surface area contributed by atoms with Crippen molar-refractivity contribution in [2.45, 2.75) is 26.1 Å². The van der Waals surface area contributed by atoms with Gasteiger partial charge in [-0.05, 0) is 44.2 Å². The molecule has 2 heterocycles. The molecule has 1 amide bonds. The standard InChI is InChI=1S/C17H13ClF4N4O/c1-8(2)23-16(27)14-13(18)15-24-11(9-3-5-10(19)6-4-9)7-12(17(20,21)22)26(15)25-14/h3-8H,1-2H3,(H,23,27). The molecule has 142 valence electrons. The lowest BCUT2D eigenvalue weighted by Gasteiger charge is -2.11. The topological polar surface area (TPSA) is 59.3 Å². The largest absolute Gasteiger partial charge is 0.433 e. The average Bonchev–Trinajstić information content (AvgIpc) is 2.90. The lowest BCUT2D eigenvalue weighted by atomic mass is 10.1. The van der Waals surface area contributed by atoms with Crippen molar-refractivity contribution in [1.82, 2.24) is 19.9 Å². The summed E-state index contributed by atoms with van der Waals surface area (Å²) in [5, 5.41) is 5.93. The normalized spacial score (nSPS) is 12.0. The summed E-state index contributed by atoms with van der Waals surface area (Å²) in [5.74, 6) is -1.25. The van der Waals surface area contributed by atoms with Crippen LogP contribution in [0.4, 0.5) is 17.6 Å². The van der Waals surface area contributed by atoms with E-state index in [9.17, 15) is 22.4 Å². The summed E-state index contributed by atoms with van der Waals surface area (Å²) >= 11 is 6.11. The third-order valence-corrected chi connectivity index (χ3v) is 3.95. The van der Waals surface area contributed by atoms with E-state index in [4.69, 9.17) is 11.6 Å². The first-order chi connectivity index (χ1) is 12.6. The Morgan fingerprint density at radius 3 is 2.41 bits per heavy atom. The zero-order valence-electron chi connectivity index (χ0n) is 14.1. The van der Waals surface area contributed by atoms with Gasteiger partial charge in [-0.1, -0.05) is 11.6 Å². The Labute approximate surface area is 156 Å². The van der Waals surface area contributed by atoms with E-state index < -0.39 is 23.6 Å². The molecular formula is C17H13ClF4N4O. The number of rotatable bonds is 3. The number of amides is 1. The van der Waals surface area contributed by atoms with Crippen molar-refractivity contribution in [1.29, 1.82) is 0 Å². The third kappa shape index (κ3) is 3.73. The van der Waals surface area contributed by atoms with Crippen LogP contribution in [0.15, 0.2) is 30.3 Å². The van der Waals surface area contributed by atoms with Gasteiger partial charge < -0.3 is 5.32 Å². The molecule has 0 atom stereocenters. The van der Waals surface area contributed by atoms with Crippen molar-refractivity contribution in [2.24, 2.45) is 0 Å². The molecule has 5 nitrogen and oxygen atoms in total. The van der Waals surface area contributed by atoms with Crippen molar-refractivity contribution in [3.63, 3.8) is 0 Å². The van der Waals surface area contributed by atoms with Gasteiger partial charge in [0.05, 0.1) is 5.69 Å². The van der Waals surface area contributed by atoms with Crippen LogP contribution in [0.2, 0.25) is 5.02 Å². The van der Waals surface area contributed by atoms with Crippen molar-refractivity contribution >= 4 is 23.2 Å². The molecule has 0 bridgehead atoms. The first-order valence-corrected chi connectivity index (χ1v) is 8.19. The summed E-state index contributed by atoms with van der Waals surface area (Å²) in [7, 11) is 0. The zero-order valence-corrected chi connectivity index (χ0v) is 14.9. The molecule has 0 spiro atoms. The van der Waals surface area contributed by atoms with Crippen LogP contribution in [0.5, 0.6) is 0 Å². The number of benzene rings is 1. The minimum Gasteiger partial charge on any atom is -0.348 e. The first kappa shape index (κ1) is 19.1. The van der Waals surface area contributed by atoms with E-state index in [-0.39, 0.29) is 33.7 Å². The van der Waals surface area contributed by atoms with Gasteiger partial charge in [0.2, 0.25) is 0 Å². The molecule has 0 fully saturated rings. The number of halogens is 5. The highest BCUT2D eigenvalue weighted by atomic mass is 35.5. The van der Waals surface area contributed by atoms with Crippen LogP contribution in [0.25, 0.3) is 16.9 Å².